The number of hydrogen-bond acceptors (Lipinski definition) is 5. The second-order valence-corrected chi connectivity index (χ2v) is 6.84. The first-order chi connectivity index (χ1) is 13.2. The van der Waals surface area contributed by atoms with Crippen LogP contribution in [0.25, 0.3) is 0 Å². The van der Waals surface area contributed by atoms with Crippen LogP contribution >= 0.6 is 0 Å². The number of amides is 2. The smallest absolute Gasteiger partial charge is 0.408 e. The molecule has 0 radical (unpaired) electrons. The van der Waals surface area contributed by atoms with Crippen LogP contribution in [-0.4, -0.2) is 34.0 Å². The zero-order valence-electron chi connectivity index (χ0n) is 15.6. The van der Waals surface area contributed by atoms with E-state index in [-0.39, 0.29) is 24.8 Å². The summed E-state index contributed by atoms with van der Waals surface area (Å²) in [6.07, 6.45) is -2.38. The summed E-state index contributed by atoms with van der Waals surface area (Å²) >= 11 is 0. The Balaban J connectivity index is 1.81. The van der Waals surface area contributed by atoms with E-state index in [1.165, 1.54) is 26.0 Å². The lowest BCUT2D eigenvalue weighted by Gasteiger charge is -2.27. The lowest BCUT2D eigenvalue weighted by Crippen LogP contribution is -2.52. The highest BCUT2D eigenvalue weighted by molar-refractivity contribution is 5.92. The summed E-state index contributed by atoms with van der Waals surface area (Å²) in [5.74, 6) is -0.591. The van der Waals surface area contributed by atoms with Crippen molar-refractivity contribution in [1.82, 2.24) is 5.32 Å². The first-order valence-electron chi connectivity index (χ1n) is 8.60. The fraction of sp³-hybridized carbons (Fsp3) is 0.300. The third-order valence-corrected chi connectivity index (χ3v) is 3.96. The van der Waals surface area contributed by atoms with Crippen molar-refractivity contribution in [3.8, 4) is 0 Å². The van der Waals surface area contributed by atoms with Crippen molar-refractivity contribution >= 4 is 17.7 Å². The van der Waals surface area contributed by atoms with E-state index >= 15 is 0 Å². The third kappa shape index (κ3) is 6.64. The molecule has 0 saturated carbocycles. The Bertz CT molecular complexity index is 804. The van der Waals surface area contributed by atoms with Crippen LogP contribution in [-0.2, 0) is 22.6 Å². The molecule has 2 amide bonds. The lowest BCUT2D eigenvalue weighted by molar-refractivity contribution is -0.115. The highest BCUT2D eigenvalue weighted by atomic mass is 19.1. The summed E-state index contributed by atoms with van der Waals surface area (Å²) in [4.78, 5) is 23.7. The van der Waals surface area contributed by atoms with Gasteiger partial charge in [0.1, 0.15) is 12.4 Å². The molecule has 0 bridgehead atoms. The molecule has 0 heterocycles. The number of halogens is 1. The predicted molar refractivity (Wildman–Crippen MR) is 101 cm³/mol. The van der Waals surface area contributed by atoms with E-state index < -0.39 is 17.9 Å². The molecule has 28 heavy (non-hydrogen) atoms. The summed E-state index contributed by atoms with van der Waals surface area (Å²) in [6.45, 7) is 2.87. The van der Waals surface area contributed by atoms with Gasteiger partial charge in [-0.15, -0.1) is 0 Å². The number of nitrogens with one attached hydrogen (secondary N) is 2. The van der Waals surface area contributed by atoms with Gasteiger partial charge in [0.25, 0.3) is 0 Å². The van der Waals surface area contributed by atoms with Gasteiger partial charge in [-0.3, -0.25) is 4.79 Å². The molecule has 8 heteroatoms. The average molecular weight is 390 g/mol. The first-order valence-corrected chi connectivity index (χ1v) is 8.60. The fourth-order valence-electron chi connectivity index (χ4n) is 2.19. The molecule has 0 fully saturated rings. The normalized spacial score (nSPS) is 11.2. The van der Waals surface area contributed by atoms with Gasteiger partial charge in [0.05, 0.1) is 12.0 Å². The molecule has 2 aromatic rings. The van der Waals surface area contributed by atoms with Gasteiger partial charge in [0, 0.05) is 5.69 Å². The Labute approximate surface area is 162 Å². The number of aliphatic hydroxyl groups is 2. The minimum atomic E-state index is -1.72. The molecule has 0 aromatic heterocycles. The van der Waals surface area contributed by atoms with E-state index in [1.807, 2.05) is 0 Å². The number of hydrogen-bond donors (Lipinski definition) is 4. The maximum Gasteiger partial charge on any atom is 0.408 e. The van der Waals surface area contributed by atoms with E-state index in [9.17, 15) is 14.0 Å². The van der Waals surface area contributed by atoms with Crippen LogP contribution in [0, 0.1) is 5.82 Å². The van der Waals surface area contributed by atoms with Crippen LogP contribution in [0.1, 0.15) is 25.0 Å². The number of carbonyl (C=O) groups excluding carboxylic acids is 2. The molecule has 0 spiro atoms. The number of anilines is 1. The molecule has 0 aliphatic heterocycles. The number of carbonyl (C=O) groups is 2. The molecule has 7 nitrogen and oxygen atoms in total. The fourth-order valence-corrected chi connectivity index (χ4v) is 2.19. The van der Waals surface area contributed by atoms with E-state index in [4.69, 9.17) is 14.9 Å². The molecule has 0 unspecified atom stereocenters. The van der Waals surface area contributed by atoms with E-state index in [2.05, 4.69) is 10.6 Å². The summed E-state index contributed by atoms with van der Waals surface area (Å²) in [6, 6.07) is 12.4. The Hall–Kier alpha value is -2.97. The topological polar surface area (TPSA) is 108 Å². The molecule has 2 aromatic carbocycles. The van der Waals surface area contributed by atoms with Crippen molar-refractivity contribution in [3.05, 3.63) is 65.5 Å². The highest BCUT2D eigenvalue weighted by Crippen LogP contribution is 2.13. The standard InChI is InChI=1S/C20H23FN2O5/c1-20(2,18(25)26)23-19(27)28-12-14-5-9-16(10-6-14)22-17(24)11-13-3-7-15(21)8-4-13/h3-10,18,25-26H,11-12H2,1-2H3,(H,22,24)(H,23,27). The van der Waals surface area contributed by atoms with Gasteiger partial charge in [-0.05, 0) is 49.2 Å². The number of aliphatic hydroxyl groups excluding tert-OH is 1. The summed E-state index contributed by atoms with van der Waals surface area (Å²) in [5, 5.41) is 23.4. The minimum Gasteiger partial charge on any atom is -0.445 e. The molecular weight excluding hydrogens is 367 g/mol. The van der Waals surface area contributed by atoms with Gasteiger partial charge >= 0.3 is 6.09 Å². The van der Waals surface area contributed by atoms with Gasteiger partial charge in [-0.1, -0.05) is 24.3 Å². The lowest BCUT2D eigenvalue weighted by atomic mass is 10.1. The van der Waals surface area contributed by atoms with E-state index in [0.29, 0.717) is 16.8 Å². The predicted octanol–water partition coefficient (Wildman–Crippen LogP) is 2.32. The van der Waals surface area contributed by atoms with Gasteiger partial charge < -0.3 is 25.6 Å². The molecule has 4 N–H and O–H groups in total. The Kier molecular flexibility index (Phi) is 7.08. The maximum atomic E-state index is 12.9. The maximum absolute atomic E-state index is 12.9. The van der Waals surface area contributed by atoms with Gasteiger partial charge in [-0.25, -0.2) is 9.18 Å². The minimum absolute atomic E-state index is 0.0206. The van der Waals surface area contributed by atoms with Gasteiger partial charge in [0.2, 0.25) is 5.91 Å². The van der Waals surface area contributed by atoms with Gasteiger partial charge in [-0.2, -0.15) is 0 Å². The number of ether oxygens (including phenoxy) is 1. The Morgan fingerprint density at radius 1 is 1.04 bits per heavy atom. The van der Waals surface area contributed by atoms with Crippen molar-refractivity contribution in [2.45, 2.75) is 38.7 Å². The number of alkyl carbamates (subject to hydrolysis) is 1. The monoisotopic (exact) mass is 390 g/mol. The molecule has 150 valence electrons. The van der Waals surface area contributed by atoms with Crippen molar-refractivity contribution in [1.29, 1.82) is 0 Å². The van der Waals surface area contributed by atoms with Gasteiger partial charge in [0.15, 0.2) is 6.29 Å². The first kappa shape index (κ1) is 21.3. The third-order valence-electron chi connectivity index (χ3n) is 3.96. The second kappa shape index (κ2) is 9.29. The molecule has 0 aliphatic rings. The van der Waals surface area contributed by atoms with Crippen molar-refractivity contribution in [2.75, 3.05) is 5.32 Å². The van der Waals surface area contributed by atoms with Crippen molar-refractivity contribution < 1.29 is 28.9 Å². The zero-order valence-corrected chi connectivity index (χ0v) is 15.6. The molecule has 0 atom stereocenters. The Morgan fingerprint density at radius 2 is 1.61 bits per heavy atom. The van der Waals surface area contributed by atoms with Crippen LogP contribution in [0.5, 0.6) is 0 Å². The summed E-state index contributed by atoms with van der Waals surface area (Å²) in [7, 11) is 0. The van der Waals surface area contributed by atoms with Crippen LogP contribution in [0.4, 0.5) is 14.9 Å². The van der Waals surface area contributed by atoms with Crippen LogP contribution in [0.15, 0.2) is 48.5 Å². The quantitative estimate of drug-likeness (QED) is 0.543. The average Bonchev–Trinajstić information content (AvgIpc) is 2.62. The highest BCUT2D eigenvalue weighted by Gasteiger charge is 2.28. The largest absolute Gasteiger partial charge is 0.445 e. The van der Waals surface area contributed by atoms with E-state index in [0.717, 1.165) is 0 Å². The van der Waals surface area contributed by atoms with E-state index in [1.54, 1.807) is 36.4 Å². The molecular formula is C20H23FN2O5. The summed E-state index contributed by atoms with van der Waals surface area (Å²) in [5.41, 5.74) is 0.722. The molecule has 0 saturated heterocycles. The van der Waals surface area contributed by atoms with Crippen molar-refractivity contribution in [3.63, 3.8) is 0 Å². The summed E-state index contributed by atoms with van der Waals surface area (Å²) < 4.78 is 17.9. The number of rotatable bonds is 7. The van der Waals surface area contributed by atoms with Crippen LogP contribution < -0.4 is 10.6 Å². The molecule has 2 rings (SSSR count). The number of benzene rings is 2. The Morgan fingerprint density at radius 3 is 2.18 bits per heavy atom. The zero-order chi connectivity index (χ0) is 20.7. The SMILES string of the molecule is CC(C)(NC(=O)OCc1ccc(NC(=O)Cc2ccc(F)cc2)cc1)C(O)O. The van der Waals surface area contributed by atoms with Crippen molar-refractivity contribution in [2.24, 2.45) is 0 Å². The molecule has 0 aliphatic carbocycles. The second-order valence-electron chi connectivity index (χ2n) is 6.84. The van der Waals surface area contributed by atoms with Crippen LogP contribution in [0.3, 0.4) is 0 Å². The van der Waals surface area contributed by atoms with Crippen LogP contribution in [0.2, 0.25) is 0 Å².